The van der Waals surface area contributed by atoms with Gasteiger partial charge >= 0.3 is 6.18 Å². The Bertz CT molecular complexity index is 403. The average Bonchev–Trinajstić information content (AvgIpc) is 2.50. The molecular weight excluding hydrogens is 237 g/mol. The lowest BCUT2D eigenvalue weighted by atomic mass is 10.1. The van der Waals surface area contributed by atoms with Crippen molar-refractivity contribution in [1.29, 1.82) is 0 Å². The first-order chi connectivity index (χ1) is 7.98. The molecule has 0 fully saturated rings. The average molecular weight is 248 g/mol. The summed E-state index contributed by atoms with van der Waals surface area (Å²) in [6, 6.07) is 3.73. The van der Waals surface area contributed by atoms with Gasteiger partial charge in [0.15, 0.2) is 17.6 Å². The summed E-state index contributed by atoms with van der Waals surface area (Å²) in [5, 5.41) is 9.11. The Kier molecular flexibility index (Phi) is 3.15. The van der Waals surface area contributed by atoms with Crippen molar-refractivity contribution in [3.8, 4) is 11.5 Å². The molecule has 1 heterocycles. The lowest BCUT2D eigenvalue weighted by Gasteiger charge is -2.16. The van der Waals surface area contributed by atoms with Gasteiger partial charge in [0.2, 0.25) is 0 Å². The van der Waals surface area contributed by atoms with E-state index in [4.69, 9.17) is 14.6 Å². The molecule has 1 aromatic rings. The Hall–Kier alpha value is -1.43. The van der Waals surface area contributed by atoms with E-state index in [1.54, 1.807) is 0 Å². The minimum absolute atomic E-state index is 0.239. The summed E-state index contributed by atoms with van der Waals surface area (Å²) in [4.78, 5) is 0. The molecule has 0 amide bonds. The third-order valence-electron chi connectivity index (χ3n) is 2.40. The summed E-state index contributed by atoms with van der Waals surface area (Å²) in [5.74, 6) is 0.643. The van der Waals surface area contributed by atoms with Crippen molar-refractivity contribution < 1.29 is 27.8 Å². The first-order valence-electron chi connectivity index (χ1n) is 5.13. The largest absolute Gasteiger partial charge is 0.490 e. The lowest BCUT2D eigenvalue weighted by Crippen LogP contribution is -2.20. The van der Waals surface area contributed by atoms with Gasteiger partial charge in [0.25, 0.3) is 0 Å². The van der Waals surface area contributed by atoms with Gasteiger partial charge in [-0.05, 0) is 17.7 Å². The van der Waals surface area contributed by atoms with Crippen LogP contribution in [0.25, 0.3) is 0 Å². The second-order valence-corrected chi connectivity index (χ2v) is 3.70. The van der Waals surface area contributed by atoms with E-state index in [0.717, 1.165) is 0 Å². The number of hydrogen-bond donors (Lipinski definition) is 1. The van der Waals surface area contributed by atoms with Crippen LogP contribution < -0.4 is 9.47 Å². The maximum absolute atomic E-state index is 12.3. The van der Waals surface area contributed by atoms with Gasteiger partial charge < -0.3 is 14.6 Å². The first-order valence-corrected chi connectivity index (χ1v) is 5.13. The molecule has 94 valence electrons. The molecule has 1 aromatic carbocycles. The Morgan fingerprint density at radius 1 is 1.12 bits per heavy atom. The van der Waals surface area contributed by atoms with E-state index in [1.807, 2.05) is 0 Å². The molecule has 3 nitrogen and oxygen atoms in total. The summed E-state index contributed by atoms with van der Waals surface area (Å²) >= 11 is 0. The van der Waals surface area contributed by atoms with E-state index in [-0.39, 0.29) is 11.3 Å². The number of ether oxygens (including phenoxy) is 2. The normalized spacial score (nSPS) is 17.4. The number of fused-ring (bicyclic) bond motifs is 1. The molecule has 2 rings (SSSR count). The van der Waals surface area contributed by atoms with Crippen LogP contribution in [-0.2, 0) is 0 Å². The third kappa shape index (κ3) is 2.63. The molecule has 1 N–H and O–H groups in total. The highest BCUT2D eigenvalue weighted by Crippen LogP contribution is 2.37. The van der Waals surface area contributed by atoms with Crippen LogP contribution in [0.15, 0.2) is 18.2 Å². The minimum Gasteiger partial charge on any atom is -0.490 e. The van der Waals surface area contributed by atoms with Crippen LogP contribution in [0.2, 0.25) is 0 Å². The summed E-state index contributed by atoms with van der Waals surface area (Å²) in [6.07, 6.45) is -6.51. The molecule has 0 aliphatic carbocycles. The predicted octanol–water partition coefficient (Wildman–Crippen LogP) is 2.44. The van der Waals surface area contributed by atoms with Gasteiger partial charge in [-0.2, -0.15) is 13.2 Å². The molecule has 0 bridgehead atoms. The van der Waals surface area contributed by atoms with Crippen molar-refractivity contribution in [1.82, 2.24) is 0 Å². The zero-order valence-electron chi connectivity index (χ0n) is 8.83. The van der Waals surface area contributed by atoms with Crippen LogP contribution in [-0.4, -0.2) is 24.5 Å². The fourth-order valence-electron chi connectivity index (χ4n) is 1.54. The Balaban J connectivity index is 2.29. The predicted molar refractivity (Wildman–Crippen MR) is 53.1 cm³/mol. The zero-order valence-corrected chi connectivity index (χ0v) is 8.83. The zero-order chi connectivity index (χ0) is 12.5. The second kappa shape index (κ2) is 4.44. The van der Waals surface area contributed by atoms with Crippen molar-refractivity contribution in [2.24, 2.45) is 0 Å². The number of rotatable bonds is 1. The highest BCUT2D eigenvalue weighted by atomic mass is 19.4. The standard InChI is InChI=1S/C11H11F3O3/c12-11(13,14)10(15)7-2-3-8-9(6-7)17-5-1-4-16-8/h2-3,6,10,15H,1,4-5H2. The molecule has 0 saturated heterocycles. The monoisotopic (exact) mass is 248 g/mol. The molecule has 1 aliphatic rings. The van der Waals surface area contributed by atoms with Crippen molar-refractivity contribution in [2.45, 2.75) is 18.7 Å². The highest BCUT2D eigenvalue weighted by molar-refractivity contribution is 5.44. The smallest absolute Gasteiger partial charge is 0.418 e. The van der Waals surface area contributed by atoms with Crippen LogP contribution in [0.3, 0.4) is 0 Å². The fraction of sp³-hybridized carbons (Fsp3) is 0.455. The quantitative estimate of drug-likeness (QED) is 0.829. The fourth-order valence-corrected chi connectivity index (χ4v) is 1.54. The Morgan fingerprint density at radius 2 is 1.76 bits per heavy atom. The van der Waals surface area contributed by atoms with Gasteiger partial charge in [-0.25, -0.2) is 0 Å². The molecule has 6 heteroatoms. The van der Waals surface area contributed by atoms with Crippen LogP contribution >= 0.6 is 0 Å². The van der Waals surface area contributed by atoms with Gasteiger partial charge in [0, 0.05) is 6.42 Å². The van der Waals surface area contributed by atoms with Crippen LogP contribution in [0.4, 0.5) is 13.2 Å². The molecule has 0 aromatic heterocycles. The van der Waals surface area contributed by atoms with Crippen LogP contribution in [0.5, 0.6) is 11.5 Å². The molecule has 0 spiro atoms. The summed E-state index contributed by atoms with van der Waals surface area (Å²) in [5.41, 5.74) is -0.248. The molecule has 17 heavy (non-hydrogen) atoms. The maximum Gasteiger partial charge on any atom is 0.418 e. The summed E-state index contributed by atoms with van der Waals surface area (Å²) in [6.45, 7) is 0.854. The number of benzene rings is 1. The minimum atomic E-state index is -4.68. The molecule has 0 radical (unpaired) electrons. The van der Waals surface area contributed by atoms with Gasteiger partial charge in [-0.3, -0.25) is 0 Å². The van der Waals surface area contributed by atoms with Gasteiger partial charge in [-0.15, -0.1) is 0 Å². The van der Waals surface area contributed by atoms with Crippen LogP contribution in [0.1, 0.15) is 18.1 Å². The molecule has 1 atom stereocenters. The van der Waals surface area contributed by atoms with Gasteiger partial charge in [-0.1, -0.05) is 6.07 Å². The van der Waals surface area contributed by atoms with Crippen molar-refractivity contribution in [2.75, 3.05) is 13.2 Å². The van der Waals surface area contributed by atoms with Crippen molar-refractivity contribution in [3.63, 3.8) is 0 Å². The van der Waals surface area contributed by atoms with E-state index in [0.29, 0.717) is 25.4 Å². The van der Waals surface area contributed by atoms with Crippen LogP contribution in [0, 0.1) is 0 Å². The third-order valence-corrected chi connectivity index (χ3v) is 2.40. The maximum atomic E-state index is 12.3. The molecule has 0 saturated carbocycles. The van der Waals surface area contributed by atoms with E-state index in [9.17, 15) is 13.2 Å². The number of alkyl halides is 3. The number of hydrogen-bond acceptors (Lipinski definition) is 3. The van der Waals surface area contributed by atoms with Crippen molar-refractivity contribution in [3.05, 3.63) is 23.8 Å². The number of aliphatic hydroxyl groups excluding tert-OH is 1. The topological polar surface area (TPSA) is 38.7 Å². The van der Waals surface area contributed by atoms with E-state index >= 15 is 0 Å². The molecular formula is C11H11F3O3. The SMILES string of the molecule is OC(c1ccc2c(c1)OCCCO2)C(F)(F)F. The second-order valence-electron chi connectivity index (χ2n) is 3.70. The highest BCUT2D eigenvalue weighted by Gasteiger charge is 2.39. The van der Waals surface area contributed by atoms with E-state index in [1.165, 1.54) is 18.2 Å². The Morgan fingerprint density at radius 3 is 2.41 bits per heavy atom. The van der Waals surface area contributed by atoms with E-state index in [2.05, 4.69) is 0 Å². The number of halogens is 3. The number of aliphatic hydroxyl groups is 1. The molecule has 1 unspecified atom stereocenters. The summed E-state index contributed by atoms with van der Waals surface area (Å²) in [7, 11) is 0. The first kappa shape index (κ1) is 12.0. The summed E-state index contributed by atoms with van der Waals surface area (Å²) < 4.78 is 47.5. The van der Waals surface area contributed by atoms with Crippen molar-refractivity contribution >= 4 is 0 Å². The lowest BCUT2D eigenvalue weighted by molar-refractivity contribution is -0.206. The molecule has 1 aliphatic heterocycles. The van der Waals surface area contributed by atoms with E-state index < -0.39 is 12.3 Å². The van der Waals surface area contributed by atoms with Gasteiger partial charge in [0.1, 0.15) is 0 Å². The Labute approximate surface area is 95.8 Å². The van der Waals surface area contributed by atoms with Gasteiger partial charge in [0.05, 0.1) is 13.2 Å².